The highest BCUT2D eigenvalue weighted by Crippen LogP contribution is 2.75. The monoisotopic (exact) mass is 1860 g/mol. The van der Waals surface area contributed by atoms with E-state index in [9.17, 15) is 0 Å². The smallest absolute Gasteiger partial charge is 0.137 e. The van der Waals surface area contributed by atoms with Gasteiger partial charge in [-0.05, 0) is 342 Å². The van der Waals surface area contributed by atoms with Gasteiger partial charge < -0.3 is 19.1 Å². The van der Waals surface area contributed by atoms with Crippen molar-refractivity contribution in [1.82, 2.24) is 0 Å². The maximum Gasteiger partial charge on any atom is 0.137 e. The van der Waals surface area contributed by atoms with Crippen molar-refractivity contribution < 1.29 is 4.42 Å². The van der Waals surface area contributed by atoms with Crippen molar-refractivity contribution >= 4 is 105 Å². The lowest BCUT2D eigenvalue weighted by atomic mass is 9.43. The van der Waals surface area contributed by atoms with E-state index in [2.05, 4.69) is 445 Å². The van der Waals surface area contributed by atoms with Gasteiger partial charge in [0, 0.05) is 104 Å². The van der Waals surface area contributed by atoms with E-state index in [1.54, 1.807) is 33.4 Å². The van der Waals surface area contributed by atoms with Gasteiger partial charge in [-0.1, -0.05) is 334 Å². The van der Waals surface area contributed by atoms with Crippen LogP contribution < -0.4 is 14.7 Å². The second-order valence-electron chi connectivity index (χ2n) is 44.4. The summed E-state index contributed by atoms with van der Waals surface area (Å²) in [5.41, 5.74) is 41.3. The van der Waals surface area contributed by atoms with Gasteiger partial charge in [-0.2, -0.15) is 0 Å². The van der Waals surface area contributed by atoms with Crippen molar-refractivity contribution in [2.75, 3.05) is 14.7 Å². The highest BCUT2D eigenvalue weighted by molar-refractivity contribution is 7.25. The molecule has 0 unspecified atom stereocenters. The average molecular weight is 1860 g/mol. The number of hydrogen-bond donors (Lipinski definition) is 0. The number of hydrogen-bond acceptors (Lipinski definition) is 5. The zero-order chi connectivity index (χ0) is 93.7. The Morgan fingerprint density at radius 3 is 0.909 bits per heavy atom. The number of fused-ring (bicyclic) bond motifs is 15. The van der Waals surface area contributed by atoms with Crippen LogP contribution >= 0.6 is 11.3 Å². The third kappa shape index (κ3) is 12.9. The van der Waals surface area contributed by atoms with E-state index < -0.39 is 0 Å². The predicted molar refractivity (Wildman–Crippen MR) is 595 cm³/mol. The van der Waals surface area contributed by atoms with Crippen LogP contribution in [-0.2, 0) is 16.2 Å². The highest BCUT2D eigenvalue weighted by Gasteiger charge is 2.66. The molecule has 2 heterocycles. The third-order valence-corrected chi connectivity index (χ3v) is 38.6. The van der Waals surface area contributed by atoms with Crippen LogP contribution in [0.4, 0.5) is 51.2 Å². The standard InChI is InChI=1S/C46H37NO.C46H37NS.C46H39N/c2*1-2-11-31(12-3-1)35-13-5-8-18-41(35)47(34-21-22-37-36-14-6-9-20-43(36)48-44(37)28-34)42-19-10-17-40-45(42)38-15-4-7-16-39(38)46(40)32-24-29-23-30(26-32)27-33(46)25-29;1-3-12-33(13-4-1)35-16-9-18-39(29-35)47(40-19-10-17-36(30-40)34-14-5-2-6-15-34)44-23-11-22-43-45(44)41-20-7-8-21-42(41)46(43)37-25-31-24-32(27-37)28-38(46)26-31/h2*1-22,28-30,32-33H,23-27H2;1-23,29-32,37-38H,24-28H2. The maximum atomic E-state index is 6.51. The Bertz CT molecular complexity index is 7930. The maximum absolute atomic E-state index is 6.51. The molecule has 35 rings (SSSR count). The van der Waals surface area contributed by atoms with Gasteiger partial charge in [-0.25, -0.2) is 0 Å². The Labute approximate surface area is 843 Å². The van der Waals surface area contributed by atoms with Crippen LogP contribution in [0.25, 0.3) is 120 Å². The SMILES string of the molecule is c1ccc(-c2cccc(N(c3cccc(-c4ccccc4)c3)c3cccc4c3-c3ccccc3C43C4CC5CC(C4)CC3C5)c2)cc1.c1ccc(-c2ccccc2N(c2ccc3c(c2)oc2ccccc23)c2cccc3c2-c2ccccc2C32C3CC4CC(C3)CC2C4)cc1.c1ccc(-c2ccccc2N(c2ccc3c(c2)sc2ccccc23)c2cccc3c2-c2ccccc2C32C3CC4CC(C3)CC2C4)cc1. The summed E-state index contributed by atoms with van der Waals surface area (Å²) in [6.07, 6.45) is 21.1. The Morgan fingerprint density at radius 2 is 0.483 bits per heavy atom. The number of nitrogens with zero attached hydrogens (tertiary/aromatic N) is 3. The van der Waals surface area contributed by atoms with Crippen LogP contribution in [0.5, 0.6) is 0 Å². The van der Waals surface area contributed by atoms with E-state index in [1.165, 1.54) is 240 Å². The fraction of sp³-hybridized carbons (Fsp3) is 0.217. The van der Waals surface area contributed by atoms with E-state index in [-0.39, 0.29) is 16.2 Å². The molecule has 5 heteroatoms. The Morgan fingerprint density at radius 1 is 0.189 bits per heavy atom. The van der Waals surface area contributed by atoms with Crippen molar-refractivity contribution in [3.8, 4) is 77.9 Å². The fourth-order valence-corrected chi connectivity index (χ4v) is 34.2. The average Bonchev–Trinajstić information content (AvgIpc) is 1.53. The molecule has 12 saturated carbocycles. The molecular formula is C138H113N3OS. The third-order valence-electron chi connectivity index (χ3n) is 37.5. The topological polar surface area (TPSA) is 22.9 Å². The summed E-state index contributed by atoms with van der Waals surface area (Å²) in [5.74, 6) is 9.98. The molecule has 15 aliphatic rings. The molecule has 143 heavy (non-hydrogen) atoms. The van der Waals surface area contributed by atoms with Crippen molar-refractivity contribution in [1.29, 1.82) is 0 Å². The minimum Gasteiger partial charge on any atom is -0.456 e. The van der Waals surface area contributed by atoms with Gasteiger partial charge in [0.2, 0.25) is 0 Å². The van der Waals surface area contributed by atoms with Crippen molar-refractivity contribution in [3.05, 3.63) is 464 Å². The molecule has 20 aromatic rings. The van der Waals surface area contributed by atoms with Crippen LogP contribution in [0.15, 0.2) is 435 Å². The van der Waals surface area contributed by atoms with Gasteiger partial charge in [-0.15, -0.1) is 11.3 Å². The molecule has 15 aliphatic carbocycles. The summed E-state index contributed by atoms with van der Waals surface area (Å²) in [7, 11) is 0. The molecule has 0 radical (unpaired) electrons. The number of rotatable bonds is 13. The molecule has 18 aromatic carbocycles. The second-order valence-corrected chi connectivity index (χ2v) is 45.5. The van der Waals surface area contributed by atoms with E-state index >= 15 is 0 Å². The van der Waals surface area contributed by atoms with E-state index in [4.69, 9.17) is 4.42 Å². The summed E-state index contributed by atoms with van der Waals surface area (Å²) >= 11 is 1.90. The van der Waals surface area contributed by atoms with Gasteiger partial charge >= 0.3 is 0 Å². The van der Waals surface area contributed by atoms with Crippen molar-refractivity contribution in [2.24, 2.45) is 71.0 Å². The Kier molecular flexibility index (Phi) is 19.6. The van der Waals surface area contributed by atoms with Crippen LogP contribution in [-0.4, -0.2) is 0 Å². The molecule has 3 spiro atoms. The summed E-state index contributed by atoms with van der Waals surface area (Å²) in [5, 5.41) is 5.00. The van der Waals surface area contributed by atoms with Gasteiger partial charge in [-0.3, -0.25) is 0 Å². The van der Waals surface area contributed by atoms with E-state index in [0.717, 1.165) is 98.6 Å². The lowest BCUT2D eigenvalue weighted by molar-refractivity contribution is -0.0399. The second kappa shape index (κ2) is 33.2. The zero-order valence-electron chi connectivity index (χ0n) is 80.7. The summed E-state index contributed by atoms with van der Waals surface area (Å²) in [6.45, 7) is 0. The molecule has 12 bridgehead atoms. The number of anilines is 9. The van der Waals surface area contributed by atoms with E-state index in [0.29, 0.717) is 0 Å². The fourth-order valence-electron chi connectivity index (χ4n) is 33.0. The molecule has 0 saturated heterocycles. The first-order valence-corrected chi connectivity index (χ1v) is 54.2. The molecule has 0 aliphatic heterocycles. The van der Waals surface area contributed by atoms with Crippen molar-refractivity contribution in [3.63, 3.8) is 0 Å². The Hall–Kier alpha value is -14.6. The first-order chi connectivity index (χ1) is 70.8. The molecule has 4 nitrogen and oxygen atoms in total. The van der Waals surface area contributed by atoms with Gasteiger partial charge in [0.25, 0.3) is 0 Å². The van der Waals surface area contributed by atoms with Crippen LogP contribution in [0, 0.1) is 71.0 Å². The van der Waals surface area contributed by atoms with Gasteiger partial charge in [0.15, 0.2) is 0 Å². The molecule has 0 atom stereocenters. The summed E-state index contributed by atoms with van der Waals surface area (Å²) in [4.78, 5) is 7.67. The van der Waals surface area contributed by atoms with Gasteiger partial charge in [0.1, 0.15) is 11.2 Å². The molecule has 692 valence electrons. The summed E-state index contributed by atoms with van der Waals surface area (Å²) in [6, 6.07) is 161. The van der Waals surface area contributed by atoms with E-state index in [1.807, 2.05) is 11.3 Å². The first kappa shape index (κ1) is 84.1. The lowest BCUT2D eigenvalue weighted by Gasteiger charge is -2.61. The van der Waals surface area contributed by atoms with Crippen LogP contribution in [0.2, 0.25) is 0 Å². The zero-order valence-corrected chi connectivity index (χ0v) is 81.5. The van der Waals surface area contributed by atoms with Crippen LogP contribution in [0.3, 0.4) is 0 Å². The number of furan rings is 1. The largest absolute Gasteiger partial charge is 0.456 e. The molecule has 2 aromatic heterocycles. The molecule has 0 amide bonds. The minimum absolute atomic E-state index is 0.114. The predicted octanol–water partition coefficient (Wildman–Crippen LogP) is 37.6. The van der Waals surface area contributed by atoms with Gasteiger partial charge in [0.05, 0.1) is 28.4 Å². The normalized spacial score (nSPS) is 24.7. The number of benzene rings is 18. The number of para-hydroxylation sites is 3. The molecule has 0 N–H and O–H groups in total. The first-order valence-electron chi connectivity index (χ1n) is 53.3. The summed E-state index contributed by atoms with van der Waals surface area (Å²) < 4.78 is 9.19. The minimum atomic E-state index is 0.114. The highest BCUT2D eigenvalue weighted by atomic mass is 32.1. The quantitative estimate of drug-likeness (QED) is 0.115. The Balaban J connectivity index is 0.000000100. The molecular weight excluding hydrogens is 1750 g/mol. The van der Waals surface area contributed by atoms with Crippen LogP contribution in [0.1, 0.15) is 130 Å². The lowest BCUT2D eigenvalue weighted by Crippen LogP contribution is -2.55. The van der Waals surface area contributed by atoms with Crippen molar-refractivity contribution in [2.45, 2.75) is 113 Å². The molecule has 12 fully saturated rings. The number of thiophene rings is 1.